The Morgan fingerprint density at radius 3 is 2.52 bits per heavy atom. The molecule has 0 atom stereocenters. The fraction of sp³-hybridized carbons (Fsp3) is 0.100. The Labute approximate surface area is 155 Å². The number of nitrogens with one attached hydrogen (secondary N) is 1. The van der Waals surface area contributed by atoms with Crippen LogP contribution in [0, 0.1) is 0 Å². The highest BCUT2D eigenvalue weighted by Crippen LogP contribution is 2.25. The van der Waals surface area contributed by atoms with Crippen LogP contribution >= 0.6 is 15.9 Å². The summed E-state index contributed by atoms with van der Waals surface area (Å²) in [5.74, 6) is 0.577. The molecule has 3 rings (SSSR count). The number of nitrogens with zero attached hydrogens (tertiary/aromatic N) is 2. The van der Waals surface area contributed by atoms with Gasteiger partial charge in [-0.25, -0.2) is 4.98 Å². The van der Waals surface area contributed by atoms with Crippen molar-refractivity contribution < 1.29 is 4.79 Å². The minimum absolute atomic E-state index is 0.167. The number of halogens is 1. The third-order valence-electron chi connectivity index (χ3n) is 3.79. The van der Waals surface area contributed by atoms with Gasteiger partial charge in [-0.3, -0.25) is 4.79 Å². The third kappa shape index (κ3) is 4.06. The van der Waals surface area contributed by atoms with Gasteiger partial charge in [0, 0.05) is 28.5 Å². The third-order valence-corrected chi connectivity index (χ3v) is 4.48. The van der Waals surface area contributed by atoms with E-state index in [-0.39, 0.29) is 5.91 Å². The number of hydrogen-bond donors (Lipinski definition) is 1. The molecule has 0 saturated heterocycles. The standard InChI is InChI=1S/C20H18BrN3O/c1-2-24(16-8-4-3-5-9-16)19-14-15(12-13-22-19)20(25)23-18-11-7-6-10-17(18)21/h3-14H,2H2,1H3,(H,23,25). The van der Waals surface area contributed by atoms with E-state index < -0.39 is 0 Å². The lowest BCUT2D eigenvalue weighted by Gasteiger charge is -2.22. The van der Waals surface area contributed by atoms with Gasteiger partial charge in [0.25, 0.3) is 5.91 Å². The summed E-state index contributed by atoms with van der Waals surface area (Å²) in [5.41, 5.74) is 2.34. The Kier molecular flexibility index (Phi) is 5.46. The second kappa shape index (κ2) is 7.94. The Morgan fingerprint density at radius 2 is 1.80 bits per heavy atom. The summed E-state index contributed by atoms with van der Waals surface area (Å²) in [6.45, 7) is 2.81. The lowest BCUT2D eigenvalue weighted by atomic mass is 10.2. The number of benzene rings is 2. The van der Waals surface area contributed by atoms with Crippen LogP contribution in [0.3, 0.4) is 0 Å². The molecule has 0 aliphatic carbocycles. The minimum Gasteiger partial charge on any atom is -0.327 e. The zero-order valence-corrected chi connectivity index (χ0v) is 15.4. The maximum Gasteiger partial charge on any atom is 0.255 e. The monoisotopic (exact) mass is 395 g/mol. The first-order chi connectivity index (χ1) is 12.2. The molecule has 4 nitrogen and oxygen atoms in total. The molecule has 0 aliphatic rings. The van der Waals surface area contributed by atoms with Crippen molar-refractivity contribution in [1.82, 2.24) is 4.98 Å². The van der Waals surface area contributed by atoms with Crippen molar-refractivity contribution >= 4 is 39.0 Å². The van der Waals surface area contributed by atoms with Gasteiger partial charge in [0.05, 0.1) is 5.69 Å². The van der Waals surface area contributed by atoms with Crippen LogP contribution in [0.1, 0.15) is 17.3 Å². The van der Waals surface area contributed by atoms with Crippen LogP contribution in [0.25, 0.3) is 0 Å². The molecule has 0 saturated carbocycles. The zero-order chi connectivity index (χ0) is 17.6. The van der Waals surface area contributed by atoms with E-state index in [9.17, 15) is 4.79 Å². The summed E-state index contributed by atoms with van der Waals surface area (Å²) in [6, 6.07) is 21.1. The van der Waals surface area contributed by atoms with Crippen LogP contribution < -0.4 is 10.2 Å². The van der Waals surface area contributed by atoms with Gasteiger partial charge in [0.15, 0.2) is 0 Å². The van der Waals surface area contributed by atoms with E-state index in [0.717, 1.165) is 28.2 Å². The van der Waals surface area contributed by atoms with Crippen LogP contribution in [-0.4, -0.2) is 17.4 Å². The van der Waals surface area contributed by atoms with Gasteiger partial charge in [-0.05, 0) is 59.3 Å². The summed E-state index contributed by atoms with van der Waals surface area (Å²) < 4.78 is 0.845. The lowest BCUT2D eigenvalue weighted by Crippen LogP contribution is -2.19. The molecular weight excluding hydrogens is 378 g/mol. The highest BCUT2D eigenvalue weighted by Gasteiger charge is 2.13. The molecule has 0 spiro atoms. The Hall–Kier alpha value is -2.66. The predicted molar refractivity (Wildman–Crippen MR) is 105 cm³/mol. The second-order valence-corrected chi connectivity index (χ2v) is 6.27. The van der Waals surface area contributed by atoms with Crippen molar-refractivity contribution in [1.29, 1.82) is 0 Å². The first-order valence-electron chi connectivity index (χ1n) is 8.03. The molecule has 1 heterocycles. The fourth-order valence-electron chi connectivity index (χ4n) is 2.55. The molecule has 0 unspecified atom stereocenters. The average molecular weight is 396 g/mol. The van der Waals surface area contributed by atoms with E-state index in [4.69, 9.17) is 0 Å². The van der Waals surface area contributed by atoms with Gasteiger partial charge >= 0.3 is 0 Å². The molecule has 0 radical (unpaired) electrons. The normalized spacial score (nSPS) is 10.3. The van der Waals surface area contributed by atoms with Crippen LogP contribution in [-0.2, 0) is 0 Å². The maximum absolute atomic E-state index is 12.6. The van der Waals surface area contributed by atoms with E-state index in [1.165, 1.54) is 0 Å². The van der Waals surface area contributed by atoms with E-state index in [0.29, 0.717) is 5.56 Å². The predicted octanol–water partition coefficient (Wildman–Crippen LogP) is 5.25. The Bertz CT molecular complexity index is 868. The molecule has 0 aliphatic heterocycles. The number of pyridine rings is 1. The van der Waals surface area contributed by atoms with Gasteiger partial charge in [-0.1, -0.05) is 30.3 Å². The Balaban J connectivity index is 1.86. The number of amides is 1. The SMILES string of the molecule is CCN(c1ccccc1)c1cc(C(=O)Nc2ccccc2Br)ccn1. The lowest BCUT2D eigenvalue weighted by molar-refractivity contribution is 0.102. The summed E-state index contributed by atoms with van der Waals surface area (Å²) in [6.07, 6.45) is 1.66. The van der Waals surface area contributed by atoms with Crippen molar-refractivity contribution in [2.45, 2.75) is 6.92 Å². The van der Waals surface area contributed by atoms with Crippen LogP contribution in [0.15, 0.2) is 77.4 Å². The molecule has 1 amide bonds. The average Bonchev–Trinajstić information content (AvgIpc) is 2.65. The molecule has 1 N–H and O–H groups in total. The number of para-hydroxylation sites is 2. The van der Waals surface area contributed by atoms with Crippen molar-refractivity contribution in [3.05, 3.63) is 83.0 Å². The summed E-state index contributed by atoms with van der Waals surface area (Å²) >= 11 is 3.44. The molecule has 3 aromatic rings. The Morgan fingerprint density at radius 1 is 1.08 bits per heavy atom. The van der Waals surface area contributed by atoms with E-state index in [1.807, 2.05) is 60.7 Å². The number of aromatic nitrogens is 1. The highest BCUT2D eigenvalue weighted by molar-refractivity contribution is 9.10. The second-order valence-electron chi connectivity index (χ2n) is 5.42. The van der Waals surface area contributed by atoms with Crippen LogP contribution in [0.5, 0.6) is 0 Å². The summed E-state index contributed by atoms with van der Waals surface area (Å²) in [4.78, 5) is 19.1. The number of anilines is 3. The van der Waals surface area contributed by atoms with Crippen molar-refractivity contribution in [3.8, 4) is 0 Å². The molecule has 126 valence electrons. The number of hydrogen-bond acceptors (Lipinski definition) is 3. The fourth-order valence-corrected chi connectivity index (χ4v) is 2.93. The summed E-state index contributed by atoms with van der Waals surface area (Å²) in [7, 11) is 0. The first-order valence-corrected chi connectivity index (χ1v) is 8.83. The highest BCUT2D eigenvalue weighted by atomic mass is 79.9. The van der Waals surface area contributed by atoms with E-state index in [2.05, 4.69) is 38.1 Å². The molecule has 0 bridgehead atoms. The van der Waals surface area contributed by atoms with Crippen LogP contribution in [0.4, 0.5) is 17.2 Å². The molecule has 5 heteroatoms. The molecular formula is C20H18BrN3O. The number of carbonyl (C=O) groups excluding carboxylic acids is 1. The van der Waals surface area contributed by atoms with Gasteiger partial charge in [-0.2, -0.15) is 0 Å². The zero-order valence-electron chi connectivity index (χ0n) is 13.8. The molecule has 0 fully saturated rings. The smallest absolute Gasteiger partial charge is 0.255 e. The van der Waals surface area contributed by atoms with Gasteiger partial charge in [-0.15, -0.1) is 0 Å². The largest absolute Gasteiger partial charge is 0.327 e. The summed E-state index contributed by atoms with van der Waals surface area (Å²) in [5, 5.41) is 2.92. The van der Waals surface area contributed by atoms with E-state index >= 15 is 0 Å². The van der Waals surface area contributed by atoms with Gasteiger partial charge < -0.3 is 10.2 Å². The number of carbonyl (C=O) groups is 1. The van der Waals surface area contributed by atoms with Gasteiger partial charge in [0.2, 0.25) is 0 Å². The first kappa shape index (κ1) is 17.2. The molecule has 1 aromatic heterocycles. The van der Waals surface area contributed by atoms with Crippen molar-refractivity contribution in [2.75, 3.05) is 16.8 Å². The van der Waals surface area contributed by atoms with Gasteiger partial charge in [0.1, 0.15) is 5.82 Å². The minimum atomic E-state index is -0.167. The molecule has 2 aromatic carbocycles. The van der Waals surface area contributed by atoms with E-state index in [1.54, 1.807) is 12.3 Å². The number of rotatable bonds is 5. The quantitative estimate of drug-likeness (QED) is 0.640. The topological polar surface area (TPSA) is 45.2 Å². The van der Waals surface area contributed by atoms with Crippen molar-refractivity contribution in [2.24, 2.45) is 0 Å². The van der Waals surface area contributed by atoms with Crippen LogP contribution in [0.2, 0.25) is 0 Å². The molecule has 25 heavy (non-hydrogen) atoms. The van der Waals surface area contributed by atoms with Crippen molar-refractivity contribution in [3.63, 3.8) is 0 Å². The maximum atomic E-state index is 12.6.